The minimum Gasteiger partial charge on any atom is -0.462 e. The molecule has 0 fully saturated rings. The second kappa shape index (κ2) is 54.5. The second-order valence-electron chi connectivity index (χ2n) is 18.5. The zero-order valence-corrected chi connectivity index (χ0v) is 43.4. The van der Waals surface area contributed by atoms with Gasteiger partial charge in [0, 0.05) is 12.8 Å². The smallest absolute Gasteiger partial charge is 0.310 e. The van der Waals surface area contributed by atoms with Crippen LogP contribution in [0.15, 0.2) is 72.9 Å². The summed E-state index contributed by atoms with van der Waals surface area (Å²) in [6, 6.07) is 0. The third kappa shape index (κ3) is 51.8. The molecule has 0 saturated heterocycles. The van der Waals surface area contributed by atoms with Crippen LogP contribution in [0.3, 0.4) is 0 Å². The van der Waals surface area contributed by atoms with Crippen molar-refractivity contribution in [2.45, 2.75) is 277 Å². The Bertz CT molecular complexity index is 1240. The zero-order valence-electron chi connectivity index (χ0n) is 43.4. The van der Waals surface area contributed by atoms with E-state index >= 15 is 0 Å². The summed E-state index contributed by atoms with van der Waals surface area (Å²) in [5.41, 5.74) is 0. The molecule has 0 spiro atoms. The van der Waals surface area contributed by atoms with Crippen molar-refractivity contribution >= 4 is 17.9 Å². The van der Waals surface area contributed by atoms with E-state index in [4.69, 9.17) is 14.2 Å². The Morgan fingerprint density at radius 2 is 0.652 bits per heavy atom. The maximum atomic E-state index is 12.7. The molecule has 0 aliphatic rings. The van der Waals surface area contributed by atoms with E-state index in [2.05, 4.69) is 81.5 Å². The van der Waals surface area contributed by atoms with Gasteiger partial charge in [-0.2, -0.15) is 0 Å². The van der Waals surface area contributed by atoms with Crippen LogP contribution in [0.4, 0.5) is 0 Å². The number of hydrogen-bond acceptors (Lipinski definition) is 6. The van der Waals surface area contributed by atoms with Crippen molar-refractivity contribution in [3.8, 4) is 0 Å². The number of allylic oxidation sites excluding steroid dienone is 11. The molecule has 6 heteroatoms. The molecule has 0 heterocycles. The third-order valence-electron chi connectivity index (χ3n) is 12.0. The summed E-state index contributed by atoms with van der Waals surface area (Å²) in [6.07, 6.45) is 69.3. The van der Waals surface area contributed by atoms with Crippen molar-refractivity contribution in [1.29, 1.82) is 0 Å². The van der Waals surface area contributed by atoms with Gasteiger partial charge in [0.1, 0.15) is 13.2 Å². The number of esters is 3. The number of hydrogen-bond donors (Lipinski definition) is 0. The van der Waals surface area contributed by atoms with E-state index in [1.807, 2.05) is 6.08 Å². The molecule has 0 aromatic rings. The maximum Gasteiger partial charge on any atom is 0.310 e. The lowest BCUT2D eigenvalue weighted by Crippen LogP contribution is -2.30. The van der Waals surface area contributed by atoms with Crippen molar-refractivity contribution in [3.05, 3.63) is 72.9 Å². The van der Waals surface area contributed by atoms with Gasteiger partial charge in [-0.25, -0.2) is 0 Å². The minimum atomic E-state index is -0.831. The van der Waals surface area contributed by atoms with Crippen LogP contribution in [0.2, 0.25) is 0 Å². The van der Waals surface area contributed by atoms with E-state index in [0.29, 0.717) is 12.8 Å². The fourth-order valence-corrected chi connectivity index (χ4v) is 7.79. The summed E-state index contributed by atoms with van der Waals surface area (Å²) in [6.45, 7) is 6.41. The van der Waals surface area contributed by atoms with Gasteiger partial charge in [0.15, 0.2) is 6.10 Å². The van der Waals surface area contributed by atoms with Crippen LogP contribution in [-0.2, 0) is 28.6 Å². The van der Waals surface area contributed by atoms with Gasteiger partial charge >= 0.3 is 17.9 Å². The van der Waals surface area contributed by atoms with Gasteiger partial charge in [-0.1, -0.05) is 261 Å². The van der Waals surface area contributed by atoms with E-state index in [1.54, 1.807) is 6.08 Å². The minimum absolute atomic E-state index is 0.0971. The number of rotatable bonds is 50. The van der Waals surface area contributed by atoms with E-state index in [9.17, 15) is 14.4 Å². The SMILES string of the molecule is CC/C=C\C/C=C\C/C=C\C/C=C\C/C=C\CC(=O)OC(COC(=O)CCCCCCC/C=C\CCCC)COC(=O)CCCCCCCCCCCCCCCCCCCCCCCC. The Hall–Kier alpha value is -3.15. The Kier molecular flexibility index (Phi) is 51.9. The van der Waals surface area contributed by atoms with Gasteiger partial charge in [-0.3, -0.25) is 14.4 Å². The number of carbonyl (C=O) groups excluding carboxylic acids is 3. The van der Waals surface area contributed by atoms with Crippen LogP contribution < -0.4 is 0 Å². The molecule has 0 aromatic heterocycles. The Balaban J connectivity index is 4.35. The van der Waals surface area contributed by atoms with Gasteiger partial charge in [-0.15, -0.1) is 0 Å². The van der Waals surface area contributed by atoms with Crippen LogP contribution in [0.5, 0.6) is 0 Å². The first-order valence-corrected chi connectivity index (χ1v) is 27.9. The highest BCUT2D eigenvalue weighted by Gasteiger charge is 2.19. The van der Waals surface area contributed by atoms with E-state index in [-0.39, 0.29) is 31.6 Å². The van der Waals surface area contributed by atoms with Crippen LogP contribution in [-0.4, -0.2) is 37.2 Å². The number of unbranched alkanes of at least 4 members (excludes halogenated alkanes) is 28. The Morgan fingerprint density at radius 3 is 1.03 bits per heavy atom. The monoisotopic (exact) mass is 921 g/mol. The summed E-state index contributed by atoms with van der Waals surface area (Å²) in [4.78, 5) is 38.0. The van der Waals surface area contributed by atoms with Gasteiger partial charge in [-0.05, 0) is 64.2 Å². The molecular formula is C60H104O6. The number of ether oxygens (including phenoxy) is 3. The molecule has 380 valence electrons. The van der Waals surface area contributed by atoms with Gasteiger partial charge < -0.3 is 14.2 Å². The molecule has 6 nitrogen and oxygen atoms in total. The molecule has 0 amide bonds. The van der Waals surface area contributed by atoms with Crippen LogP contribution >= 0.6 is 0 Å². The molecular weight excluding hydrogens is 817 g/mol. The normalized spacial score (nSPS) is 12.6. The molecule has 0 aliphatic heterocycles. The summed E-state index contributed by atoms with van der Waals surface area (Å²) >= 11 is 0. The fraction of sp³-hybridized carbons (Fsp3) is 0.750. The first-order valence-electron chi connectivity index (χ1n) is 27.9. The first kappa shape index (κ1) is 62.8. The average Bonchev–Trinajstić information content (AvgIpc) is 3.31. The highest BCUT2D eigenvalue weighted by molar-refractivity contribution is 5.72. The molecule has 0 saturated carbocycles. The van der Waals surface area contributed by atoms with Gasteiger partial charge in [0.2, 0.25) is 0 Å². The molecule has 1 unspecified atom stereocenters. The van der Waals surface area contributed by atoms with Gasteiger partial charge in [0.05, 0.1) is 6.42 Å². The summed E-state index contributed by atoms with van der Waals surface area (Å²) in [7, 11) is 0. The van der Waals surface area contributed by atoms with Crippen LogP contribution in [0, 0.1) is 0 Å². The molecule has 0 N–H and O–H groups in total. The van der Waals surface area contributed by atoms with Crippen molar-refractivity contribution < 1.29 is 28.6 Å². The highest BCUT2D eigenvalue weighted by Crippen LogP contribution is 2.16. The quantitative estimate of drug-likeness (QED) is 0.0262. The fourth-order valence-electron chi connectivity index (χ4n) is 7.79. The summed E-state index contributed by atoms with van der Waals surface area (Å²) < 4.78 is 16.7. The average molecular weight is 921 g/mol. The number of carbonyl (C=O) groups is 3. The Labute approximate surface area is 408 Å². The lowest BCUT2D eigenvalue weighted by Gasteiger charge is -2.18. The van der Waals surface area contributed by atoms with E-state index in [0.717, 1.165) is 83.5 Å². The topological polar surface area (TPSA) is 78.9 Å². The van der Waals surface area contributed by atoms with Crippen molar-refractivity contribution in [1.82, 2.24) is 0 Å². The van der Waals surface area contributed by atoms with Gasteiger partial charge in [0.25, 0.3) is 0 Å². The highest BCUT2D eigenvalue weighted by atomic mass is 16.6. The van der Waals surface area contributed by atoms with E-state index in [1.165, 1.54) is 148 Å². The molecule has 1 atom stereocenters. The molecule has 0 bridgehead atoms. The van der Waals surface area contributed by atoms with Crippen molar-refractivity contribution in [3.63, 3.8) is 0 Å². The largest absolute Gasteiger partial charge is 0.462 e. The summed E-state index contributed by atoms with van der Waals surface area (Å²) in [5, 5.41) is 0. The molecule has 0 radical (unpaired) electrons. The predicted octanol–water partition coefficient (Wildman–Crippen LogP) is 18.6. The molecule has 0 aromatic carbocycles. The Morgan fingerprint density at radius 1 is 0.333 bits per heavy atom. The van der Waals surface area contributed by atoms with Crippen LogP contribution in [0.1, 0.15) is 271 Å². The van der Waals surface area contributed by atoms with E-state index < -0.39 is 12.1 Å². The molecule has 0 rings (SSSR count). The van der Waals surface area contributed by atoms with Crippen molar-refractivity contribution in [2.75, 3.05) is 13.2 Å². The lowest BCUT2D eigenvalue weighted by atomic mass is 10.0. The molecule has 66 heavy (non-hydrogen) atoms. The molecule has 0 aliphatic carbocycles. The lowest BCUT2D eigenvalue weighted by molar-refractivity contribution is -0.166. The standard InChI is InChI=1S/C60H104O6/c1-4-7-10-13-16-19-22-24-26-27-28-29-30-31-32-34-35-38-41-44-47-50-53-59(62)65-56-57(55-64-58(61)52-49-46-43-40-37-21-18-15-12-9-6-3)66-60(63)54-51-48-45-42-39-36-33-25-23-20-17-14-11-8-5-2/h8,11,15,17-18,20,25,33,39,42,48,51,57H,4-7,9-10,12-14,16,19,21-24,26-32,34-38,40-41,43-47,49-50,52-56H2,1-3H3/b11-8-,18-15-,20-17-,33-25-,42-39-,51-48-. The summed E-state index contributed by atoms with van der Waals surface area (Å²) in [5.74, 6) is -1.05. The van der Waals surface area contributed by atoms with Crippen molar-refractivity contribution in [2.24, 2.45) is 0 Å². The first-order chi connectivity index (χ1) is 32.5. The second-order valence-corrected chi connectivity index (χ2v) is 18.5. The third-order valence-corrected chi connectivity index (χ3v) is 12.0. The maximum absolute atomic E-state index is 12.7. The zero-order chi connectivity index (χ0) is 47.9. The predicted molar refractivity (Wildman–Crippen MR) is 284 cm³/mol. The van der Waals surface area contributed by atoms with Crippen LogP contribution in [0.25, 0.3) is 0 Å².